The molecule has 0 fully saturated rings. The maximum atomic E-state index is 13.7. The average molecular weight is 465 g/mol. The minimum atomic E-state index is -4.84. The zero-order valence-electron chi connectivity index (χ0n) is 16.6. The van der Waals surface area contributed by atoms with E-state index in [2.05, 4.69) is 5.32 Å². The molecule has 3 N–H and O–H groups in total. The van der Waals surface area contributed by atoms with Crippen LogP contribution in [-0.2, 0) is 26.6 Å². The van der Waals surface area contributed by atoms with E-state index >= 15 is 0 Å². The van der Waals surface area contributed by atoms with E-state index < -0.39 is 57.1 Å². The van der Waals surface area contributed by atoms with Gasteiger partial charge >= 0.3 is 18.1 Å². The van der Waals surface area contributed by atoms with Gasteiger partial charge in [-0.2, -0.15) is 13.2 Å². The van der Waals surface area contributed by atoms with Crippen molar-refractivity contribution in [2.45, 2.75) is 23.9 Å². The molecule has 0 radical (unpaired) electrons. The Bertz CT molecular complexity index is 1160. The summed E-state index contributed by atoms with van der Waals surface area (Å²) in [5.41, 5.74) is -2.88. The van der Waals surface area contributed by atoms with Crippen LogP contribution >= 0.6 is 0 Å². The summed E-state index contributed by atoms with van der Waals surface area (Å²) in [7, 11) is -1.72. The first-order valence-electron chi connectivity index (χ1n) is 9.29. The van der Waals surface area contributed by atoms with Gasteiger partial charge in [0.15, 0.2) is 0 Å². The molecule has 0 aromatic heterocycles. The highest BCUT2D eigenvalue weighted by Crippen LogP contribution is 2.44. The quantitative estimate of drug-likeness (QED) is 0.598. The first-order valence-corrected chi connectivity index (χ1v) is 10.6. The lowest BCUT2D eigenvalue weighted by molar-refractivity contribution is -0.139. The summed E-state index contributed by atoms with van der Waals surface area (Å²) in [6.45, 7) is 1.33. The highest BCUT2D eigenvalue weighted by Gasteiger charge is 2.43. The number of hydrogen-bond acceptors (Lipinski definition) is 4. The molecule has 2 aromatic carbocycles. The number of benzene rings is 2. The number of carboxylic acid groups (broad SMARTS) is 2. The summed E-state index contributed by atoms with van der Waals surface area (Å²) in [4.78, 5) is 24.6. The standard InChI is InChI=1S/C22H18F3NO5S/c1-12-17(20(27)28)18(14-9-5-6-10-15(14)22(23,24)25)19(21(29)30)16(26-12)11-32(31)13-7-3-2-4-8-13/h2-10,18,26H,11H2,1H3,(H,27,28)(H,29,30). The predicted molar refractivity (Wildman–Crippen MR) is 110 cm³/mol. The number of alkyl halides is 3. The number of carboxylic acids is 2. The molecular formula is C22H18F3NO5S. The van der Waals surface area contributed by atoms with E-state index in [1.54, 1.807) is 30.3 Å². The van der Waals surface area contributed by atoms with Crippen molar-refractivity contribution in [3.63, 3.8) is 0 Å². The van der Waals surface area contributed by atoms with E-state index in [1.807, 2.05) is 0 Å². The molecule has 1 aliphatic heterocycles. The van der Waals surface area contributed by atoms with Crippen molar-refractivity contribution >= 4 is 22.7 Å². The second-order valence-corrected chi connectivity index (χ2v) is 8.44. The Balaban J connectivity index is 2.23. The largest absolute Gasteiger partial charge is 0.478 e. The van der Waals surface area contributed by atoms with Crippen LogP contribution in [0, 0.1) is 0 Å². The van der Waals surface area contributed by atoms with Gasteiger partial charge in [0.1, 0.15) is 0 Å². The molecule has 32 heavy (non-hydrogen) atoms. The van der Waals surface area contributed by atoms with Gasteiger partial charge in [0.2, 0.25) is 0 Å². The molecular weight excluding hydrogens is 447 g/mol. The number of dihydropyridines is 1. The van der Waals surface area contributed by atoms with Gasteiger partial charge in [0.05, 0.1) is 39.2 Å². The van der Waals surface area contributed by atoms with Gasteiger partial charge in [0.25, 0.3) is 0 Å². The maximum Gasteiger partial charge on any atom is 0.416 e. The number of halogens is 3. The lowest BCUT2D eigenvalue weighted by atomic mass is 9.78. The third-order valence-corrected chi connectivity index (χ3v) is 6.31. The van der Waals surface area contributed by atoms with E-state index in [-0.39, 0.29) is 17.1 Å². The Morgan fingerprint density at radius 2 is 1.53 bits per heavy atom. The molecule has 2 atom stereocenters. The van der Waals surface area contributed by atoms with Crippen molar-refractivity contribution < 1.29 is 37.2 Å². The van der Waals surface area contributed by atoms with Gasteiger partial charge < -0.3 is 15.5 Å². The van der Waals surface area contributed by atoms with Crippen LogP contribution in [-0.4, -0.2) is 32.1 Å². The molecule has 1 heterocycles. The molecule has 3 rings (SSSR count). The van der Waals surface area contributed by atoms with E-state index in [4.69, 9.17) is 0 Å². The number of hydrogen-bond donors (Lipinski definition) is 3. The third-order valence-electron chi connectivity index (χ3n) is 4.96. The summed E-state index contributed by atoms with van der Waals surface area (Å²) >= 11 is 0. The summed E-state index contributed by atoms with van der Waals surface area (Å²) in [6, 6.07) is 12.4. The fourth-order valence-electron chi connectivity index (χ4n) is 3.65. The molecule has 6 nitrogen and oxygen atoms in total. The minimum absolute atomic E-state index is 0.0236. The van der Waals surface area contributed by atoms with Crippen molar-refractivity contribution in [1.29, 1.82) is 0 Å². The second kappa shape index (κ2) is 8.99. The summed E-state index contributed by atoms with van der Waals surface area (Å²) in [5.74, 6) is -5.22. The van der Waals surface area contributed by atoms with Crippen LogP contribution in [0.5, 0.6) is 0 Å². The summed E-state index contributed by atoms with van der Waals surface area (Å²) in [5, 5.41) is 22.3. The van der Waals surface area contributed by atoms with Crippen LogP contribution in [0.15, 0.2) is 82.0 Å². The minimum Gasteiger partial charge on any atom is -0.478 e. The van der Waals surface area contributed by atoms with Crippen molar-refractivity contribution in [2.24, 2.45) is 0 Å². The number of rotatable bonds is 6. The Morgan fingerprint density at radius 1 is 0.969 bits per heavy atom. The second-order valence-electron chi connectivity index (χ2n) is 6.99. The van der Waals surface area contributed by atoms with Gasteiger partial charge in [-0.3, -0.25) is 4.21 Å². The van der Waals surface area contributed by atoms with Crippen LogP contribution in [0.1, 0.15) is 24.0 Å². The van der Waals surface area contributed by atoms with E-state index in [0.717, 1.165) is 18.2 Å². The van der Waals surface area contributed by atoms with Crippen LogP contribution in [0.3, 0.4) is 0 Å². The third kappa shape index (κ3) is 4.59. The van der Waals surface area contributed by atoms with Gasteiger partial charge in [0, 0.05) is 16.3 Å². The zero-order chi connectivity index (χ0) is 23.6. The molecule has 2 unspecified atom stereocenters. The highest BCUT2D eigenvalue weighted by molar-refractivity contribution is 7.85. The number of nitrogens with one attached hydrogen (secondary N) is 1. The Labute approximate surface area is 183 Å². The average Bonchev–Trinajstić information content (AvgIpc) is 2.72. The van der Waals surface area contributed by atoms with Crippen molar-refractivity contribution in [1.82, 2.24) is 5.32 Å². The number of allylic oxidation sites excluding steroid dienone is 1. The van der Waals surface area contributed by atoms with Gasteiger partial charge in [-0.15, -0.1) is 0 Å². The molecule has 0 bridgehead atoms. The molecule has 0 saturated heterocycles. The smallest absolute Gasteiger partial charge is 0.416 e. The normalized spacial score (nSPS) is 17.7. The van der Waals surface area contributed by atoms with Gasteiger partial charge in [-0.1, -0.05) is 36.4 Å². The van der Waals surface area contributed by atoms with Crippen LogP contribution in [0.4, 0.5) is 13.2 Å². The first kappa shape index (κ1) is 23.3. The fourth-order valence-corrected chi connectivity index (χ4v) is 4.77. The van der Waals surface area contributed by atoms with Crippen LogP contribution in [0.2, 0.25) is 0 Å². The Morgan fingerprint density at radius 3 is 2.09 bits per heavy atom. The van der Waals surface area contributed by atoms with Crippen LogP contribution < -0.4 is 5.32 Å². The summed E-state index contributed by atoms with van der Waals surface area (Å²) in [6.07, 6.45) is -4.84. The monoisotopic (exact) mass is 465 g/mol. The van der Waals surface area contributed by atoms with E-state index in [1.165, 1.54) is 13.0 Å². The van der Waals surface area contributed by atoms with Gasteiger partial charge in [-0.05, 0) is 30.7 Å². The lowest BCUT2D eigenvalue weighted by Crippen LogP contribution is -2.34. The zero-order valence-corrected chi connectivity index (χ0v) is 17.5. The topological polar surface area (TPSA) is 104 Å². The van der Waals surface area contributed by atoms with E-state index in [9.17, 15) is 37.2 Å². The highest BCUT2D eigenvalue weighted by atomic mass is 32.2. The maximum absolute atomic E-state index is 13.7. The molecule has 0 saturated carbocycles. The van der Waals surface area contributed by atoms with E-state index in [0.29, 0.717) is 4.90 Å². The van der Waals surface area contributed by atoms with Crippen molar-refractivity contribution in [2.75, 3.05) is 5.75 Å². The molecule has 1 aliphatic rings. The van der Waals surface area contributed by atoms with Crippen molar-refractivity contribution in [3.8, 4) is 0 Å². The molecule has 0 spiro atoms. The Hall–Kier alpha value is -3.40. The SMILES string of the molecule is CC1=C(C(=O)O)C(c2ccccc2C(F)(F)F)C(C(=O)O)=C(CS(=O)c2ccccc2)N1. The molecule has 10 heteroatoms. The Kier molecular flexibility index (Phi) is 6.54. The lowest BCUT2D eigenvalue weighted by Gasteiger charge is -2.31. The fraction of sp³-hybridized carbons (Fsp3) is 0.182. The molecule has 2 aromatic rings. The predicted octanol–water partition coefficient (Wildman–Crippen LogP) is 3.90. The molecule has 0 amide bonds. The van der Waals surface area contributed by atoms with Gasteiger partial charge in [-0.25, -0.2) is 9.59 Å². The van der Waals surface area contributed by atoms with Crippen molar-refractivity contribution in [3.05, 3.63) is 88.3 Å². The molecule has 168 valence electrons. The number of carbonyl (C=O) groups is 2. The van der Waals surface area contributed by atoms with Crippen LogP contribution in [0.25, 0.3) is 0 Å². The first-order chi connectivity index (χ1) is 15.0. The number of aliphatic carboxylic acids is 2. The summed E-state index contributed by atoms with van der Waals surface area (Å²) < 4.78 is 53.9. The molecule has 0 aliphatic carbocycles.